The minimum absolute atomic E-state index is 0.208. The van der Waals surface area contributed by atoms with Crippen LogP contribution in [0.25, 0.3) is 0 Å². The molecule has 0 bridgehead atoms. The molecule has 0 aliphatic carbocycles. The first-order valence-corrected chi connectivity index (χ1v) is 6.76. The second-order valence-electron chi connectivity index (χ2n) is 4.70. The molecule has 2 aromatic rings. The second-order valence-corrected chi connectivity index (χ2v) is 5.50. The Hall–Kier alpha value is -1.62. The van der Waals surface area contributed by atoms with Gasteiger partial charge in [-0.25, -0.2) is 0 Å². The Balaban J connectivity index is 2.28. The van der Waals surface area contributed by atoms with Gasteiger partial charge >= 0.3 is 0 Å². The standard InChI is InChI=1S/C14H16BrN3O/c1-8-5-9(2)7-11(6-8)16-14(19)13-12(15)10(3)18(4)17-13/h5-7H,1-4H3,(H,16,19). The van der Waals surface area contributed by atoms with Crippen molar-refractivity contribution in [3.05, 3.63) is 45.2 Å². The number of hydrogen-bond donors (Lipinski definition) is 1. The normalized spacial score (nSPS) is 10.6. The van der Waals surface area contributed by atoms with Crippen LogP contribution in [0.3, 0.4) is 0 Å². The van der Waals surface area contributed by atoms with Crippen molar-refractivity contribution >= 4 is 27.5 Å². The van der Waals surface area contributed by atoms with E-state index in [-0.39, 0.29) is 5.91 Å². The molecule has 1 heterocycles. The van der Waals surface area contributed by atoms with Gasteiger partial charge in [-0.2, -0.15) is 5.10 Å². The van der Waals surface area contributed by atoms with E-state index in [0.717, 1.165) is 27.0 Å². The predicted octanol–water partition coefficient (Wildman–Crippen LogP) is 3.36. The highest BCUT2D eigenvalue weighted by Crippen LogP contribution is 2.21. The molecular formula is C14H16BrN3O. The van der Waals surface area contributed by atoms with E-state index in [0.29, 0.717) is 5.69 Å². The lowest BCUT2D eigenvalue weighted by Crippen LogP contribution is -2.13. The average Bonchev–Trinajstić information content (AvgIpc) is 2.55. The van der Waals surface area contributed by atoms with Crippen LogP contribution in [0.5, 0.6) is 0 Å². The Labute approximate surface area is 120 Å². The number of aryl methyl sites for hydroxylation is 3. The fourth-order valence-electron chi connectivity index (χ4n) is 1.96. The average molecular weight is 322 g/mol. The Morgan fingerprint density at radius 1 is 1.21 bits per heavy atom. The molecule has 1 aromatic heterocycles. The van der Waals surface area contributed by atoms with Crippen LogP contribution < -0.4 is 5.32 Å². The number of halogens is 1. The highest BCUT2D eigenvalue weighted by molar-refractivity contribution is 9.10. The number of carbonyl (C=O) groups is 1. The summed E-state index contributed by atoms with van der Waals surface area (Å²) in [5.74, 6) is -0.208. The number of carbonyl (C=O) groups excluding carboxylic acids is 1. The first-order chi connectivity index (χ1) is 8.88. The van der Waals surface area contributed by atoms with Crippen molar-refractivity contribution in [1.29, 1.82) is 0 Å². The molecule has 4 nitrogen and oxygen atoms in total. The van der Waals surface area contributed by atoms with E-state index in [1.807, 2.05) is 40.0 Å². The van der Waals surface area contributed by atoms with Gasteiger partial charge in [-0.05, 0) is 60.0 Å². The van der Waals surface area contributed by atoms with Crippen molar-refractivity contribution < 1.29 is 4.79 Å². The third-order valence-electron chi connectivity index (χ3n) is 2.96. The Morgan fingerprint density at radius 2 is 1.79 bits per heavy atom. The highest BCUT2D eigenvalue weighted by Gasteiger charge is 2.17. The number of rotatable bonds is 2. The molecule has 5 heteroatoms. The highest BCUT2D eigenvalue weighted by atomic mass is 79.9. The molecule has 1 N–H and O–H groups in total. The van der Waals surface area contributed by atoms with Gasteiger partial charge in [0.15, 0.2) is 5.69 Å². The summed E-state index contributed by atoms with van der Waals surface area (Å²) in [6.07, 6.45) is 0. The van der Waals surface area contributed by atoms with Gasteiger partial charge in [-0.3, -0.25) is 9.48 Å². The SMILES string of the molecule is Cc1cc(C)cc(NC(=O)c2nn(C)c(C)c2Br)c1. The molecule has 0 fully saturated rings. The third-order valence-corrected chi connectivity index (χ3v) is 3.90. The first kappa shape index (κ1) is 13.8. The van der Waals surface area contributed by atoms with E-state index in [2.05, 4.69) is 32.4 Å². The third kappa shape index (κ3) is 2.87. The summed E-state index contributed by atoms with van der Waals surface area (Å²) in [4.78, 5) is 12.2. The van der Waals surface area contributed by atoms with E-state index < -0.39 is 0 Å². The van der Waals surface area contributed by atoms with Crippen LogP contribution in [0.15, 0.2) is 22.7 Å². The number of benzene rings is 1. The molecule has 1 amide bonds. The van der Waals surface area contributed by atoms with Crippen LogP contribution in [0, 0.1) is 20.8 Å². The number of nitrogens with zero attached hydrogens (tertiary/aromatic N) is 2. The molecule has 0 spiro atoms. The minimum Gasteiger partial charge on any atom is -0.321 e. The van der Waals surface area contributed by atoms with Gasteiger partial charge < -0.3 is 5.32 Å². The summed E-state index contributed by atoms with van der Waals surface area (Å²) in [5, 5.41) is 7.08. The van der Waals surface area contributed by atoms with Crippen LogP contribution in [0.2, 0.25) is 0 Å². The largest absolute Gasteiger partial charge is 0.321 e. The summed E-state index contributed by atoms with van der Waals surface area (Å²) in [6.45, 7) is 5.91. The number of aromatic nitrogens is 2. The molecule has 2 rings (SSSR count). The fraction of sp³-hybridized carbons (Fsp3) is 0.286. The quantitative estimate of drug-likeness (QED) is 0.921. The first-order valence-electron chi connectivity index (χ1n) is 5.97. The number of hydrogen-bond acceptors (Lipinski definition) is 2. The molecule has 0 radical (unpaired) electrons. The van der Waals surface area contributed by atoms with Crippen LogP contribution in [0.4, 0.5) is 5.69 Å². The Morgan fingerprint density at radius 3 is 2.26 bits per heavy atom. The minimum atomic E-state index is -0.208. The number of anilines is 1. The van der Waals surface area contributed by atoms with Gasteiger partial charge in [0, 0.05) is 12.7 Å². The molecule has 100 valence electrons. The summed E-state index contributed by atoms with van der Waals surface area (Å²) >= 11 is 3.40. The van der Waals surface area contributed by atoms with Gasteiger partial charge in [0.2, 0.25) is 0 Å². The smallest absolute Gasteiger partial charge is 0.277 e. The maximum absolute atomic E-state index is 12.2. The van der Waals surface area contributed by atoms with Crippen molar-refractivity contribution in [2.45, 2.75) is 20.8 Å². The van der Waals surface area contributed by atoms with Crippen LogP contribution in [-0.4, -0.2) is 15.7 Å². The zero-order valence-corrected chi connectivity index (χ0v) is 13.0. The van der Waals surface area contributed by atoms with Gasteiger partial charge in [0.25, 0.3) is 5.91 Å². The lowest BCUT2D eigenvalue weighted by Gasteiger charge is -2.06. The fourth-order valence-corrected chi connectivity index (χ4v) is 2.48. The van der Waals surface area contributed by atoms with E-state index in [4.69, 9.17) is 0 Å². The van der Waals surface area contributed by atoms with Crippen molar-refractivity contribution in [3.63, 3.8) is 0 Å². The van der Waals surface area contributed by atoms with Crippen molar-refractivity contribution in [2.24, 2.45) is 7.05 Å². The summed E-state index contributed by atoms with van der Waals surface area (Å²) in [6, 6.07) is 5.94. The molecular weight excluding hydrogens is 306 g/mol. The van der Waals surface area contributed by atoms with Crippen LogP contribution >= 0.6 is 15.9 Å². The zero-order valence-electron chi connectivity index (χ0n) is 11.4. The van der Waals surface area contributed by atoms with Gasteiger partial charge in [0.1, 0.15) is 0 Å². The van der Waals surface area contributed by atoms with Crippen LogP contribution in [-0.2, 0) is 7.05 Å². The maximum Gasteiger partial charge on any atom is 0.277 e. The Kier molecular flexibility index (Phi) is 3.75. The lowest BCUT2D eigenvalue weighted by molar-refractivity contribution is 0.102. The van der Waals surface area contributed by atoms with E-state index in [9.17, 15) is 4.79 Å². The second kappa shape index (κ2) is 5.17. The monoisotopic (exact) mass is 321 g/mol. The summed E-state index contributed by atoms with van der Waals surface area (Å²) < 4.78 is 2.41. The summed E-state index contributed by atoms with van der Waals surface area (Å²) in [5.41, 5.74) is 4.35. The van der Waals surface area contributed by atoms with Gasteiger partial charge in [-0.1, -0.05) is 6.07 Å². The van der Waals surface area contributed by atoms with E-state index >= 15 is 0 Å². The van der Waals surface area contributed by atoms with Crippen molar-refractivity contribution in [1.82, 2.24) is 9.78 Å². The molecule has 19 heavy (non-hydrogen) atoms. The van der Waals surface area contributed by atoms with Gasteiger partial charge in [0.05, 0.1) is 10.2 Å². The molecule has 0 atom stereocenters. The molecule has 0 unspecified atom stereocenters. The molecule has 0 aliphatic heterocycles. The molecule has 1 aromatic carbocycles. The lowest BCUT2D eigenvalue weighted by atomic mass is 10.1. The predicted molar refractivity (Wildman–Crippen MR) is 79.5 cm³/mol. The molecule has 0 saturated heterocycles. The van der Waals surface area contributed by atoms with Gasteiger partial charge in [-0.15, -0.1) is 0 Å². The van der Waals surface area contributed by atoms with Crippen molar-refractivity contribution in [3.8, 4) is 0 Å². The zero-order chi connectivity index (χ0) is 14.2. The number of nitrogens with one attached hydrogen (secondary N) is 1. The Bertz CT molecular complexity index is 626. The van der Waals surface area contributed by atoms with E-state index in [1.54, 1.807) is 4.68 Å². The number of amides is 1. The molecule has 0 aliphatic rings. The van der Waals surface area contributed by atoms with Crippen molar-refractivity contribution in [2.75, 3.05) is 5.32 Å². The summed E-state index contributed by atoms with van der Waals surface area (Å²) in [7, 11) is 1.81. The van der Waals surface area contributed by atoms with E-state index in [1.165, 1.54) is 0 Å². The maximum atomic E-state index is 12.2. The topological polar surface area (TPSA) is 46.9 Å². The molecule has 0 saturated carbocycles. The van der Waals surface area contributed by atoms with Crippen LogP contribution in [0.1, 0.15) is 27.3 Å².